The Morgan fingerprint density at radius 1 is 1.20 bits per heavy atom. The fraction of sp³-hybridized carbons (Fsp3) is 0.333. The van der Waals surface area contributed by atoms with Crippen molar-refractivity contribution < 1.29 is 9.50 Å². The molecule has 1 aliphatic rings. The molecule has 0 aromatic heterocycles. The first-order chi connectivity index (χ1) is 14.1. The van der Waals surface area contributed by atoms with Gasteiger partial charge in [0.2, 0.25) is 0 Å². The maximum atomic E-state index is 13.4. The Morgan fingerprint density at radius 2 is 1.93 bits per heavy atom. The van der Waals surface area contributed by atoms with Gasteiger partial charge in [0, 0.05) is 17.5 Å². The molecule has 0 saturated heterocycles. The summed E-state index contributed by atoms with van der Waals surface area (Å²) in [5, 5.41) is 12.3. The molecule has 1 aliphatic carbocycles. The van der Waals surface area contributed by atoms with Gasteiger partial charge in [-0.3, -0.25) is 0 Å². The zero-order valence-corrected chi connectivity index (χ0v) is 18.8. The predicted molar refractivity (Wildman–Crippen MR) is 127 cm³/mol. The van der Waals surface area contributed by atoms with Crippen molar-refractivity contribution in [1.82, 2.24) is 0 Å². The molecule has 0 spiro atoms. The van der Waals surface area contributed by atoms with Gasteiger partial charge >= 0.3 is 0 Å². The second-order valence-corrected chi connectivity index (χ2v) is 8.74. The maximum Gasteiger partial charge on any atom is 0.166 e. The smallest absolute Gasteiger partial charge is 0.166 e. The van der Waals surface area contributed by atoms with Gasteiger partial charge in [-0.05, 0) is 74.8 Å². The molecule has 0 amide bonds. The van der Waals surface area contributed by atoms with E-state index >= 15 is 0 Å². The quantitative estimate of drug-likeness (QED) is 0.354. The molecule has 160 valence electrons. The van der Waals surface area contributed by atoms with E-state index in [1.54, 1.807) is 6.07 Å². The standard InChI is InChI=1S/C27H34FNO/c1-19(12-14-24-21(3)11-8-16-27(24,5)6)9-7-10-20(2)17-22(4)29-23-13-15-26(30)25(28)18-23/h7,9-10,12-15,17-18,29-30H,4,8,11,16H2,1-3,5-6H3/b10-7+,14-12+,19-9+,20-17+. The molecule has 2 rings (SSSR count). The van der Waals surface area contributed by atoms with E-state index in [0.29, 0.717) is 11.4 Å². The van der Waals surface area contributed by atoms with E-state index < -0.39 is 5.82 Å². The van der Waals surface area contributed by atoms with Crippen molar-refractivity contribution in [3.05, 3.63) is 95.0 Å². The van der Waals surface area contributed by atoms with Gasteiger partial charge in [0.05, 0.1) is 0 Å². The number of anilines is 1. The Bertz CT molecular complexity index is 942. The van der Waals surface area contributed by atoms with Gasteiger partial charge in [-0.1, -0.05) is 62.0 Å². The van der Waals surface area contributed by atoms with Crippen molar-refractivity contribution in [1.29, 1.82) is 0 Å². The number of phenolic OH excluding ortho intramolecular Hbond substituents is 1. The number of rotatable bonds is 7. The van der Waals surface area contributed by atoms with Crippen LogP contribution in [0.25, 0.3) is 0 Å². The second-order valence-electron chi connectivity index (χ2n) is 8.74. The summed E-state index contributed by atoms with van der Waals surface area (Å²) in [6, 6.07) is 4.16. The van der Waals surface area contributed by atoms with Gasteiger partial charge in [-0.15, -0.1) is 0 Å². The molecule has 0 heterocycles. The highest BCUT2D eigenvalue weighted by molar-refractivity contribution is 5.53. The summed E-state index contributed by atoms with van der Waals surface area (Å²) in [7, 11) is 0. The van der Waals surface area contributed by atoms with Crippen molar-refractivity contribution >= 4 is 5.69 Å². The molecular weight excluding hydrogens is 373 g/mol. The van der Waals surface area contributed by atoms with E-state index in [9.17, 15) is 9.50 Å². The van der Waals surface area contributed by atoms with Crippen LogP contribution >= 0.6 is 0 Å². The van der Waals surface area contributed by atoms with Gasteiger partial charge in [-0.2, -0.15) is 0 Å². The zero-order valence-electron chi connectivity index (χ0n) is 18.8. The molecule has 1 aromatic carbocycles. The van der Waals surface area contributed by atoms with E-state index in [1.165, 1.54) is 48.1 Å². The van der Waals surface area contributed by atoms with Crippen LogP contribution < -0.4 is 5.32 Å². The molecule has 0 unspecified atom stereocenters. The molecule has 2 nitrogen and oxygen atoms in total. The molecule has 1 aromatic rings. The number of allylic oxidation sites excluding steroid dienone is 10. The Hall–Kier alpha value is -2.81. The average molecular weight is 408 g/mol. The van der Waals surface area contributed by atoms with Crippen molar-refractivity contribution in [2.24, 2.45) is 5.41 Å². The molecule has 0 saturated carbocycles. The third-order valence-electron chi connectivity index (χ3n) is 5.43. The molecule has 0 radical (unpaired) electrons. The first-order valence-electron chi connectivity index (χ1n) is 10.4. The van der Waals surface area contributed by atoms with Crippen LogP contribution in [0.3, 0.4) is 0 Å². The van der Waals surface area contributed by atoms with E-state index in [1.807, 2.05) is 25.2 Å². The lowest BCUT2D eigenvalue weighted by atomic mass is 9.72. The lowest BCUT2D eigenvalue weighted by molar-refractivity contribution is 0.377. The highest BCUT2D eigenvalue weighted by Gasteiger charge is 2.26. The minimum Gasteiger partial charge on any atom is -0.505 e. The van der Waals surface area contributed by atoms with Gasteiger partial charge in [0.1, 0.15) is 0 Å². The minimum atomic E-state index is -0.662. The number of benzene rings is 1. The van der Waals surface area contributed by atoms with Crippen molar-refractivity contribution in [3.8, 4) is 5.75 Å². The van der Waals surface area contributed by atoms with E-state index in [0.717, 1.165) is 5.57 Å². The number of halogens is 1. The third kappa shape index (κ3) is 6.91. The van der Waals surface area contributed by atoms with Crippen LogP contribution in [0.15, 0.2) is 89.2 Å². The lowest BCUT2D eigenvalue weighted by Gasteiger charge is -2.32. The van der Waals surface area contributed by atoms with Gasteiger partial charge in [-0.25, -0.2) is 4.39 Å². The largest absolute Gasteiger partial charge is 0.505 e. The van der Waals surface area contributed by atoms with Gasteiger partial charge < -0.3 is 10.4 Å². The highest BCUT2D eigenvalue weighted by Crippen LogP contribution is 2.40. The zero-order chi connectivity index (χ0) is 22.3. The van der Waals surface area contributed by atoms with Crippen LogP contribution in [-0.4, -0.2) is 5.11 Å². The Morgan fingerprint density at radius 3 is 2.60 bits per heavy atom. The van der Waals surface area contributed by atoms with Crippen LogP contribution in [0, 0.1) is 11.2 Å². The van der Waals surface area contributed by atoms with Crippen LogP contribution in [0.4, 0.5) is 10.1 Å². The summed E-state index contributed by atoms with van der Waals surface area (Å²) in [5.74, 6) is -1.03. The molecule has 0 aliphatic heterocycles. The summed E-state index contributed by atoms with van der Waals surface area (Å²) in [6.45, 7) is 14.9. The highest BCUT2D eigenvalue weighted by atomic mass is 19.1. The molecule has 3 heteroatoms. The van der Waals surface area contributed by atoms with E-state index in [2.05, 4.69) is 57.8 Å². The Balaban J connectivity index is 1.97. The average Bonchev–Trinajstić information content (AvgIpc) is 2.63. The third-order valence-corrected chi connectivity index (χ3v) is 5.43. The number of hydrogen-bond donors (Lipinski definition) is 2. The molecule has 0 fully saturated rings. The SMILES string of the molecule is C=C(/C=C(C)/C=C/C=C(C)/C=C/C1=C(C)CCCC1(C)C)Nc1ccc(O)c(F)c1. The Kier molecular flexibility index (Phi) is 8.05. The minimum absolute atomic E-state index is 0.252. The fourth-order valence-corrected chi connectivity index (χ4v) is 3.76. The first kappa shape index (κ1) is 23.5. The summed E-state index contributed by atoms with van der Waals surface area (Å²) in [4.78, 5) is 0. The van der Waals surface area contributed by atoms with E-state index in [4.69, 9.17) is 0 Å². The van der Waals surface area contributed by atoms with Gasteiger partial charge in [0.15, 0.2) is 11.6 Å². The number of hydrogen-bond acceptors (Lipinski definition) is 2. The summed E-state index contributed by atoms with van der Waals surface area (Å²) in [6.07, 6.45) is 16.2. The maximum absolute atomic E-state index is 13.4. The molecule has 0 atom stereocenters. The van der Waals surface area contributed by atoms with E-state index in [-0.39, 0.29) is 11.2 Å². The van der Waals surface area contributed by atoms with Crippen molar-refractivity contribution in [3.63, 3.8) is 0 Å². The Labute approximate surface area is 180 Å². The van der Waals surface area contributed by atoms with Crippen LogP contribution in [0.5, 0.6) is 5.75 Å². The summed E-state index contributed by atoms with van der Waals surface area (Å²) >= 11 is 0. The van der Waals surface area contributed by atoms with Gasteiger partial charge in [0.25, 0.3) is 0 Å². The molecule has 30 heavy (non-hydrogen) atoms. The second kappa shape index (κ2) is 10.3. The molecular formula is C27H34FNO. The topological polar surface area (TPSA) is 32.3 Å². The number of nitrogens with one attached hydrogen (secondary N) is 1. The monoisotopic (exact) mass is 407 g/mol. The molecule has 0 bridgehead atoms. The fourth-order valence-electron chi connectivity index (χ4n) is 3.76. The first-order valence-corrected chi connectivity index (χ1v) is 10.4. The number of phenols is 1. The normalized spacial score (nSPS) is 17.8. The summed E-state index contributed by atoms with van der Waals surface area (Å²) < 4.78 is 13.4. The van der Waals surface area contributed by atoms with Crippen molar-refractivity contribution in [2.75, 3.05) is 5.32 Å². The lowest BCUT2D eigenvalue weighted by Crippen LogP contribution is -2.19. The molecule has 2 N–H and O–H groups in total. The predicted octanol–water partition coefficient (Wildman–Crippen LogP) is 7.99. The summed E-state index contributed by atoms with van der Waals surface area (Å²) in [5.41, 5.74) is 6.62. The van der Waals surface area contributed by atoms with Crippen LogP contribution in [0.1, 0.15) is 53.9 Å². The number of aromatic hydroxyl groups is 1. The van der Waals surface area contributed by atoms with Crippen LogP contribution in [0.2, 0.25) is 0 Å². The van der Waals surface area contributed by atoms with Crippen LogP contribution in [-0.2, 0) is 0 Å². The van der Waals surface area contributed by atoms with Crippen molar-refractivity contribution in [2.45, 2.75) is 53.9 Å².